The largest absolute Gasteiger partial charge is 0.497 e. The number of amidine groups is 1. The summed E-state index contributed by atoms with van der Waals surface area (Å²) in [7, 11) is 1.50. The Morgan fingerprint density at radius 2 is 2.00 bits per heavy atom. The minimum absolute atomic E-state index is 0.0681. The Kier molecular flexibility index (Phi) is 3.13. The summed E-state index contributed by atoms with van der Waals surface area (Å²) < 4.78 is 5.01. The van der Waals surface area contributed by atoms with Crippen molar-refractivity contribution in [1.82, 2.24) is 0 Å². The molecule has 0 radical (unpaired) electrons. The number of carbonyl (C=O) groups excluding carboxylic acids is 1. The third-order valence-corrected chi connectivity index (χ3v) is 2.81. The van der Waals surface area contributed by atoms with Gasteiger partial charge in [-0.1, -0.05) is 23.2 Å². The third-order valence-electron chi connectivity index (χ3n) is 2.23. The van der Waals surface area contributed by atoms with Crippen molar-refractivity contribution < 1.29 is 9.53 Å². The van der Waals surface area contributed by atoms with Gasteiger partial charge in [0.15, 0.2) is 0 Å². The number of methoxy groups -OCH3 is 1. The first-order valence-corrected chi connectivity index (χ1v) is 5.47. The Morgan fingerprint density at radius 3 is 2.41 bits per heavy atom. The lowest BCUT2D eigenvalue weighted by molar-refractivity contribution is -0.116. The van der Waals surface area contributed by atoms with Crippen molar-refractivity contribution in [2.45, 2.75) is 6.42 Å². The van der Waals surface area contributed by atoms with Gasteiger partial charge in [0.2, 0.25) is 0 Å². The number of anilines is 1. The summed E-state index contributed by atoms with van der Waals surface area (Å²) in [5.74, 6) is 0.474. The summed E-state index contributed by atoms with van der Waals surface area (Å²) in [4.78, 5) is 11.6. The van der Waals surface area contributed by atoms with E-state index in [1.54, 1.807) is 12.1 Å². The smallest absolute Gasteiger partial charge is 0.255 e. The number of halogens is 2. The molecule has 1 aromatic rings. The van der Waals surface area contributed by atoms with Gasteiger partial charge < -0.3 is 10.5 Å². The second kappa shape index (κ2) is 4.43. The zero-order valence-corrected chi connectivity index (χ0v) is 10.4. The molecule has 0 bridgehead atoms. The van der Waals surface area contributed by atoms with Crippen LogP contribution in [0.2, 0.25) is 10.0 Å². The molecule has 2 N–H and O–H groups in total. The molecule has 0 aromatic heterocycles. The number of amides is 1. The third kappa shape index (κ3) is 2.16. The molecule has 0 saturated heterocycles. The van der Waals surface area contributed by atoms with Crippen molar-refractivity contribution in [2.75, 3.05) is 12.1 Å². The van der Waals surface area contributed by atoms with E-state index in [1.165, 1.54) is 7.11 Å². The lowest BCUT2D eigenvalue weighted by atomic mass is 10.2. The highest BCUT2D eigenvalue weighted by molar-refractivity contribution is 6.40. The number of nitrogens with two attached hydrogens (primary N) is 1. The van der Waals surface area contributed by atoms with Crippen LogP contribution < -0.4 is 15.5 Å². The molecular weight excluding hydrogens is 265 g/mol. The topological polar surface area (TPSA) is 67.9 Å². The number of hydrogen-bond donors (Lipinski definition) is 1. The van der Waals surface area contributed by atoms with Gasteiger partial charge in [-0.2, -0.15) is 10.1 Å². The fourth-order valence-corrected chi connectivity index (χ4v) is 2.11. The zero-order valence-electron chi connectivity index (χ0n) is 8.91. The molecule has 0 fully saturated rings. The van der Waals surface area contributed by atoms with Crippen molar-refractivity contribution in [3.63, 3.8) is 0 Å². The van der Waals surface area contributed by atoms with Crippen LogP contribution in [0.15, 0.2) is 17.2 Å². The summed E-state index contributed by atoms with van der Waals surface area (Å²) in [5.41, 5.74) is 5.80. The standard InChI is InChI=1S/C10H9Cl2N3O2/c1-17-5-2-6(11)10(7(12)3-5)15-9(16)4-8(13)14-15/h2-3H,4H2,1H3,(H2,13,14). The molecule has 7 heteroatoms. The van der Waals surface area contributed by atoms with E-state index >= 15 is 0 Å². The summed E-state index contributed by atoms with van der Waals surface area (Å²) in [6, 6.07) is 3.11. The van der Waals surface area contributed by atoms with Gasteiger partial charge in [-0.15, -0.1) is 0 Å². The fourth-order valence-electron chi connectivity index (χ4n) is 1.49. The van der Waals surface area contributed by atoms with Crippen molar-refractivity contribution in [1.29, 1.82) is 0 Å². The van der Waals surface area contributed by atoms with E-state index in [4.69, 9.17) is 33.7 Å². The van der Waals surface area contributed by atoms with Gasteiger partial charge in [-0.25, -0.2) is 0 Å². The molecule has 2 rings (SSSR count). The second-order valence-electron chi connectivity index (χ2n) is 3.41. The molecule has 0 spiro atoms. The van der Waals surface area contributed by atoms with Crippen LogP contribution in [0, 0.1) is 0 Å². The van der Waals surface area contributed by atoms with Crippen LogP contribution in [-0.4, -0.2) is 18.9 Å². The maximum Gasteiger partial charge on any atom is 0.255 e. The monoisotopic (exact) mass is 273 g/mol. The Hall–Kier alpha value is -1.46. The molecule has 1 aliphatic heterocycles. The van der Waals surface area contributed by atoms with E-state index in [-0.39, 0.29) is 28.2 Å². The molecule has 1 heterocycles. The summed E-state index contributed by atoms with van der Waals surface area (Å²) in [6.45, 7) is 0. The van der Waals surface area contributed by atoms with Crippen molar-refractivity contribution in [2.24, 2.45) is 10.8 Å². The van der Waals surface area contributed by atoms with Gasteiger partial charge in [0, 0.05) is 12.1 Å². The average Bonchev–Trinajstić information content (AvgIpc) is 2.57. The van der Waals surface area contributed by atoms with Crippen LogP contribution in [0.4, 0.5) is 5.69 Å². The van der Waals surface area contributed by atoms with E-state index in [2.05, 4.69) is 5.10 Å². The molecule has 0 atom stereocenters. The minimum Gasteiger partial charge on any atom is -0.497 e. The predicted octanol–water partition coefficient (Wildman–Crippen LogP) is 2.01. The summed E-state index contributed by atoms with van der Waals surface area (Å²) in [6.07, 6.45) is 0.0681. The van der Waals surface area contributed by atoms with Crippen LogP contribution in [0.25, 0.3) is 0 Å². The van der Waals surface area contributed by atoms with Gasteiger partial charge >= 0.3 is 0 Å². The maximum absolute atomic E-state index is 11.6. The van der Waals surface area contributed by atoms with E-state index in [0.717, 1.165) is 5.01 Å². The Balaban J connectivity index is 2.49. The highest BCUT2D eigenvalue weighted by Crippen LogP contribution is 2.38. The molecule has 1 aromatic carbocycles. The highest BCUT2D eigenvalue weighted by atomic mass is 35.5. The molecule has 0 aliphatic carbocycles. The summed E-state index contributed by atoms with van der Waals surface area (Å²) in [5, 5.41) is 5.55. The lowest BCUT2D eigenvalue weighted by Gasteiger charge is -2.15. The van der Waals surface area contributed by atoms with E-state index in [0.29, 0.717) is 11.4 Å². The summed E-state index contributed by atoms with van der Waals surface area (Å²) >= 11 is 12.1. The molecule has 17 heavy (non-hydrogen) atoms. The normalized spacial score (nSPS) is 15.1. The predicted molar refractivity (Wildman–Crippen MR) is 66.7 cm³/mol. The molecule has 1 aliphatic rings. The quantitative estimate of drug-likeness (QED) is 0.896. The van der Waals surface area contributed by atoms with Crippen LogP contribution >= 0.6 is 23.2 Å². The Bertz CT molecular complexity index is 493. The molecule has 1 amide bonds. The molecule has 0 saturated carbocycles. The SMILES string of the molecule is COc1cc(Cl)c(N2N=C(N)CC2=O)c(Cl)c1. The van der Waals surface area contributed by atoms with Crippen LogP contribution in [-0.2, 0) is 4.79 Å². The molecular formula is C10H9Cl2N3O2. The Morgan fingerprint density at radius 1 is 1.41 bits per heavy atom. The zero-order chi connectivity index (χ0) is 12.6. The lowest BCUT2D eigenvalue weighted by Crippen LogP contribution is -2.20. The number of benzene rings is 1. The number of ether oxygens (including phenoxy) is 1. The second-order valence-corrected chi connectivity index (χ2v) is 4.23. The van der Waals surface area contributed by atoms with Gasteiger partial charge in [0.05, 0.1) is 23.6 Å². The van der Waals surface area contributed by atoms with E-state index in [1.807, 2.05) is 0 Å². The molecule has 5 nitrogen and oxygen atoms in total. The first kappa shape index (κ1) is 12.0. The van der Waals surface area contributed by atoms with Gasteiger partial charge in [0.1, 0.15) is 17.3 Å². The van der Waals surface area contributed by atoms with Gasteiger partial charge in [0.25, 0.3) is 5.91 Å². The number of nitrogens with zero attached hydrogens (tertiary/aromatic N) is 2. The first-order valence-electron chi connectivity index (χ1n) is 4.72. The number of hydrogen-bond acceptors (Lipinski definition) is 4. The van der Waals surface area contributed by atoms with Crippen LogP contribution in [0.3, 0.4) is 0 Å². The van der Waals surface area contributed by atoms with Crippen LogP contribution in [0.5, 0.6) is 5.75 Å². The van der Waals surface area contributed by atoms with E-state index in [9.17, 15) is 4.79 Å². The highest BCUT2D eigenvalue weighted by Gasteiger charge is 2.27. The fraction of sp³-hybridized carbons (Fsp3) is 0.200. The first-order chi connectivity index (χ1) is 8.02. The Labute approximate surface area is 108 Å². The van der Waals surface area contributed by atoms with Gasteiger partial charge in [-0.3, -0.25) is 4.79 Å². The average molecular weight is 274 g/mol. The number of hydrazone groups is 1. The van der Waals surface area contributed by atoms with Crippen LogP contribution in [0.1, 0.15) is 6.42 Å². The maximum atomic E-state index is 11.6. The van der Waals surface area contributed by atoms with Crippen molar-refractivity contribution in [3.05, 3.63) is 22.2 Å². The van der Waals surface area contributed by atoms with Crippen molar-refractivity contribution in [3.8, 4) is 5.75 Å². The van der Waals surface area contributed by atoms with Crippen molar-refractivity contribution >= 4 is 40.6 Å². The number of rotatable bonds is 2. The minimum atomic E-state index is -0.267. The molecule has 90 valence electrons. The van der Waals surface area contributed by atoms with E-state index < -0.39 is 0 Å². The number of carbonyl (C=O) groups is 1. The molecule has 0 unspecified atom stereocenters. The van der Waals surface area contributed by atoms with Gasteiger partial charge in [-0.05, 0) is 0 Å².